The number of rotatable bonds is 2. The summed E-state index contributed by atoms with van der Waals surface area (Å²) in [4.78, 5) is 0. The Kier molecular flexibility index (Phi) is 0.980. The molecule has 0 aliphatic heterocycles. The molecule has 2 aliphatic carbocycles. The Labute approximate surface area is 57.6 Å². The zero-order chi connectivity index (χ0) is 6.48. The van der Waals surface area contributed by atoms with E-state index in [2.05, 4.69) is 13.8 Å². The van der Waals surface area contributed by atoms with Crippen LogP contribution in [0.5, 0.6) is 0 Å². The van der Waals surface area contributed by atoms with Crippen molar-refractivity contribution in [2.75, 3.05) is 0 Å². The second-order valence-electron chi connectivity index (χ2n) is 3.97. The normalized spacial score (nSPS) is 49.3. The molecule has 0 heteroatoms. The standard InChI is InChI=1S/C9H16/c1-3-9(6-7(9)2)8-4-5-8/h7-8H,3-6H2,1-2H3. The zero-order valence-corrected chi connectivity index (χ0v) is 6.48. The molecule has 2 atom stereocenters. The number of hydrogen-bond donors (Lipinski definition) is 0. The van der Waals surface area contributed by atoms with E-state index in [1.807, 2.05) is 0 Å². The lowest BCUT2D eigenvalue weighted by atomic mass is 9.95. The van der Waals surface area contributed by atoms with Crippen LogP contribution in [0.25, 0.3) is 0 Å². The molecule has 2 saturated carbocycles. The summed E-state index contributed by atoms with van der Waals surface area (Å²) in [6, 6.07) is 0. The summed E-state index contributed by atoms with van der Waals surface area (Å²) in [5, 5.41) is 0. The van der Waals surface area contributed by atoms with Gasteiger partial charge in [-0.25, -0.2) is 0 Å². The van der Waals surface area contributed by atoms with Crippen molar-refractivity contribution >= 4 is 0 Å². The van der Waals surface area contributed by atoms with Gasteiger partial charge in [-0.05, 0) is 42.9 Å². The Hall–Kier alpha value is 0. The van der Waals surface area contributed by atoms with Crippen molar-refractivity contribution in [2.24, 2.45) is 17.3 Å². The van der Waals surface area contributed by atoms with Crippen molar-refractivity contribution in [1.82, 2.24) is 0 Å². The summed E-state index contributed by atoms with van der Waals surface area (Å²) in [5.41, 5.74) is 0.861. The maximum absolute atomic E-state index is 2.42. The first-order valence-electron chi connectivity index (χ1n) is 4.29. The molecular formula is C9H16. The molecule has 0 N–H and O–H groups in total. The molecule has 0 saturated heterocycles. The molecule has 0 aromatic carbocycles. The highest BCUT2D eigenvalue weighted by atomic mass is 14.6. The Bertz CT molecular complexity index is 120. The van der Waals surface area contributed by atoms with Crippen molar-refractivity contribution in [3.8, 4) is 0 Å². The third-order valence-electron chi connectivity index (χ3n) is 3.56. The minimum Gasteiger partial charge on any atom is -0.0648 e. The second-order valence-corrected chi connectivity index (χ2v) is 3.97. The molecule has 52 valence electrons. The summed E-state index contributed by atoms with van der Waals surface area (Å²) < 4.78 is 0. The molecule has 2 aliphatic rings. The number of hydrogen-bond acceptors (Lipinski definition) is 0. The van der Waals surface area contributed by atoms with E-state index in [0.29, 0.717) is 0 Å². The second kappa shape index (κ2) is 1.53. The highest BCUT2D eigenvalue weighted by Crippen LogP contribution is 2.66. The first-order chi connectivity index (χ1) is 4.29. The maximum Gasteiger partial charge on any atom is -0.0243 e. The predicted octanol–water partition coefficient (Wildman–Crippen LogP) is 2.83. The van der Waals surface area contributed by atoms with Gasteiger partial charge in [0.05, 0.1) is 0 Å². The summed E-state index contributed by atoms with van der Waals surface area (Å²) in [5.74, 6) is 2.22. The summed E-state index contributed by atoms with van der Waals surface area (Å²) >= 11 is 0. The molecule has 0 radical (unpaired) electrons. The average molecular weight is 124 g/mol. The van der Waals surface area contributed by atoms with Gasteiger partial charge in [-0.1, -0.05) is 13.8 Å². The van der Waals surface area contributed by atoms with Crippen LogP contribution in [0.15, 0.2) is 0 Å². The molecule has 0 bridgehead atoms. The molecular weight excluding hydrogens is 108 g/mol. The van der Waals surface area contributed by atoms with Crippen LogP contribution in [-0.4, -0.2) is 0 Å². The van der Waals surface area contributed by atoms with Crippen molar-refractivity contribution in [3.63, 3.8) is 0 Å². The first-order valence-corrected chi connectivity index (χ1v) is 4.29. The van der Waals surface area contributed by atoms with E-state index in [1.54, 1.807) is 0 Å². The average Bonchev–Trinajstić information content (AvgIpc) is 2.59. The van der Waals surface area contributed by atoms with E-state index in [1.165, 1.54) is 25.7 Å². The van der Waals surface area contributed by atoms with E-state index in [9.17, 15) is 0 Å². The largest absolute Gasteiger partial charge is 0.0648 e. The van der Waals surface area contributed by atoms with Crippen LogP contribution in [0.2, 0.25) is 0 Å². The highest BCUT2D eigenvalue weighted by molar-refractivity contribution is 5.07. The topological polar surface area (TPSA) is 0 Å². The van der Waals surface area contributed by atoms with Gasteiger partial charge < -0.3 is 0 Å². The lowest BCUT2D eigenvalue weighted by molar-refractivity contribution is 0.388. The highest BCUT2D eigenvalue weighted by Gasteiger charge is 2.57. The predicted molar refractivity (Wildman–Crippen MR) is 39.2 cm³/mol. The van der Waals surface area contributed by atoms with Gasteiger partial charge in [0.1, 0.15) is 0 Å². The lowest BCUT2D eigenvalue weighted by Gasteiger charge is -2.10. The minimum atomic E-state index is 0.861. The van der Waals surface area contributed by atoms with Crippen LogP contribution >= 0.6 is 0 Å². The van der Waals surface area contributed by atoms with E-state index in [0.717, 1.165) is 17.3 Å². The van der Waals surface area contributed by atoms with Gasteiger partial charge >= 0.3 is 0 Å². The zero-order valence-electron chi connectivity index (χ0n) is 6.48. The summed E-state index contributed by atoms with van der Waals surface area (Å²) in [6.45, 7) is 4.78. The quantitative estimate of drug-likeness (QED) is 0.531. The van der Waals surface area contributed by atoms with E-state index in [-0.39, 0.29) is 0 Å². The maximum atomic E-state index is 2.42. The molecule has 0 aromatic heterocycles. The van der Waals surface area contributed by atoms with Crippen LogP contribution in [0, 0.1) is 17.3 Å². The molecule has 0 aromatic rings. The van der Waals surface area contributed by atoms with Gasteiger partial charge in [-0.2, -0.15) is 0 Å². The molecule has 9 heavy (non-hydrogen) atoms. The summed E-state index contributed by atoms with van der Waals surface area (Å²) in [7, 11) is 0. The van der Waals surface area contributed by atoms with Gasteiger partial charge in [-0.15, -0.1) is 0 Å². The molecule has 2 rings (SSSR count). The fourth-order valence-electron chi connectivity index (χ4n) is 2.52. The SMILES string of the molecule is CCC1(C2CC2)CC1C. The fourth-order valence-corrected chi connectivity index (χ4v) is 2.52. The Balaban J connectivity index is 2.03. The molecule has 0 spiro atoms. The van der Waals surface area contributed by atoms with Crippen LogP contribution in [0.4, 0.5) is 0 Å². The molecule has 0 nitrogen and oxygen atoms in total. The van der Waals surface area contributed by atoms with Gasteiger partial charge in [-0.3, -0.25) is 0 Å². The van der Waals surface area contributed by atoms with Gasteiger partial charge in [0.25, 0.3) is 0 Å². The van der Waals surface area contributed by atoms with Crippen molar-refractivity contribution in [3.05, 3.63) is 0 Å². The van der Waals surface area contributed by atoms with E-state index in [4.69, 9.17) is 0 Å². The molecule has 0 heterocycles. The third kappa shape index (κ3) is 0.653. The Morgan fingerprint density at radius 1 is 1.44 bits per heavy atom. The minimum absolute atomic E-state index is 0.861. The monoisotopic (exact) mass is 124 g/mol. The van der Waals surface area contributed by atoms with Gasteiger partial charge in [0.2, 0.25) is 0 Å². The van der Waals surface area contributed by atoms with Crippen LogP contribution < -0.4 is 0 Å². The van der Waals surface area contributed by atoms with E-state index < -0.39 is 0 Å². The van der Waals surface area contributed by atoms with Crippen LogP contribution in [0.3, 0.4) is 0 Å². The molecule has 2 unspecified atom stereocenters. The Morgan fingerprint density at radius 2 is 2.00 bits per heavy atom. The van der Waals surface area contributed by atoms with Gasteiger partial charge in [0.15, 0.2) is 0 Å². The summed E-state index contributed by atoms with van der Waals surface area (Å²) in [6.07, 6.45) is 6.06. The molecule has 0 amide bonds. The van der Waals surface area contributed by atoms with E-state index >= 15 is 0 Å². The van der Waals surface area contributed by atoms with Crippen LogP contribution in [-0.2, 0) is 0 Å². The smallest absolute Gasteiger partial charge is 0.0243 e. The molecule has 2 fully saturated rings. The van der Waals surface area contributed by atoms with Crippen molar-refractivity contribution in [2.45, 2.75) is 39.5 Å². The van der Waals surface area contributed by atoms with Crippen molar-refractivity contribution in [1.29, 1.82) is 0 Å². The van der Waals surface area contributed by atoms with Gasteiger partial charge in [0, 0.05) is 0 Å². The third-order valence-corrected chi connectivity index (χ3v) is 3.56. The first kappa shape index (κ1) is 5.76. The lowest BCUT2D eigenvalue weighted by Crippen LogP contribution is -2.02. The Morgan fingerprint density at radius 3 is 2.11 bits per heavy atom. The van der Waals surface area contributed by atoms with Crippen molar-refractivity contribution < 1.29 is 0 Å². The van der Waals surface area contributed by atoms with Crippen LogP contribution in [0.1, 0.15) is 39.5 Å². The fraction of sp³-hybridized carbons (Fsp3) is 1.00.